The molecule has 0 aromatic heterocycles. The molecule has 1 amide bonds. The number of hydrogen-bond donors (Lipinski definition) is 0. The minimum absolute atomic E-state index is 0.185. The fourth-order valence-corrected chi connectivity index (χ4v) is 7.61. The van der Waals surface area contributed by atoms with Crippen LogP contribution in [0.2, 0.25) is 0 Å². The first-order valence-corrected chi connectivity index (χ1v) is 13.6. The Labute approximate surface area is 206 Å². The number of ether oxygens (including phenoxy) is 2. The predicted octanol–water partition coefficient (Wildman–Crippen LogP) is 4.45. The minimum atomic E-state index is -1.54. The van der Waals surface area contributed by atoms with Crippen molar-refractivity contribution >= 4 is 5.91 Å². The molecule has 7 rings (SSSR count). The Morgan fingerprint density at radius 2 is 1.74 bits per heavy atom. The van der Waals surface area contributed by atoms with Crippen LogP contribution in [0.15, 0.2) is 18.2 Å². The summed E-state index contributed by atoms with van der Waals surface area (Å²) in [5, 5.41) is 0. The number of benzene rings is 1. The van der Waals surface area contributed by atoms with Crippen molar-refractivity contribution in [1.29, 1.82) is 0 Å². The monoisotopic (exact) mass is 486 g/mol. The number of piperidine rings is 1. The maximum atomic E-state index is 14.2. The van der Waals surface area contributed by atoms with Crippen molar-refractivity contribution in [2.24, 2.45) is 10.8 Å². The highest BCUT2D eigenvalue weighted by Crippen LogP contribution is 2.52. The summed E-state index contributed by atoms with van der Waals surface area (Å²) >= 11 is 0. The first-order valence-electron chi connectivity index (χ1n) is 13.6. The van der Waals surface area contributed by atoms with Gasteiger partial charge in [-0.05, 0) is 95.0 Å². The summed E-state index contributed by atoms with van der Waals surface area (Å²) in [4.78, 5) is 16.7. The molecular weight excluding hydrogens is 450 g/mol. The molecule has 6 fully saturated rings. The topological polar surface area (TPSA) is 42.0 Å². The Balaban J connectivity index is 0.936. The molecule has 190 valence electrons. The molecule has 1 atom stereocenters. The molecule has 0 N–H and O–H groups in total. The smallest absolute Gasteiger partial charge is 0.260 e. The Bertz CT molecular complexity index is 1000. The van der Waals surface area contributed by atoms with Crippen LogP contribution in [0.3, 0.4) is 0 Å². The summed E-state index contributed by atoms with van der Waals surface area (Å²) in [5.74, 6) is 0.740. The third-order valence-corrected chi connectivity index (χ3v) is 9.98. The second-order valence-electron chi connectivity index (χ2n) is 12.7. The lowest BCUT2D eigenvalue weighted by atomic mass is 9.65. The van der Waals surface area contributed by atoms with Crippen molar-refractivity contribution in [3.63, 3.8) is 0 Å². The summed E-state index contributed by atoms with van der Waals surface area (Å²) in [5.41, 5.74) is 0.0569. The van der Waals surface area contributed by atoms with E-state index in [0.717, 1.165) is 95.7 Å². The van der Waals surface area contributed by atoms with E-state index in [1.807, 2.05) is 6.07 Å². The average molecular weight is 487 g/mol. The van der Waals surface area contributed by atoms with E-state index >= 15 is 0 Å². The molecular formula is C28H36F2N2O3. The van der Waals surface area contributed by atoms with Gasteiger partial charge in [0.15, 0.2) is 5.67 Å². The molecule has 6 aliphatic rings. The molecule has 5 nitrogen and oxygen atoms in total. The average Bonchev–Trinajstić information content (AvgIpc) is 3.37. The third kappa shape index (κ3) is 3.88. The van der Waals surface area contributed by atoms with Gasteiger partial charge in [-0.3, -0.25) is 4.79 Å². The summed E-state index contributed by atoms with van der Waals surface area (Å²) in [7, 11) is 0. The molecule has 0 bridgehead atoms. The van der Waals surface area contributed by atoms with Gasteiger partial charge in [-0.25, -0.2) is 8.78 Å². The number of carbonyl (C=O) groups excluding carboxylic acids is 1. The highest BCUT2D eigenvalue weighted by atomic mass is 19.1. The molecule has 1 aromatic rings. The lowest BCUT2D eigenvalue weighted by molar-refractivity contribution is -0.191. The van der Waals surface area contributed by atoms with Crippen LogP contribution in [0.4, 0.5) is 8.78 Å². The molecule has 1 aromatic carbocycles. The molecule has 3 saturated heterocycles. The maximum absolute atomic E-state index is 14.2. The molecule has 2 spiro atoms. The second-order valence-corrected chi connectivity index (χ2v) is 12.7. The third-order valence-electron chi connectivity index (χ3n) is 9.98. The molecule has 0 unspecified atom stereocenters. The van der Waals surface area contributed by atoms with Gasteiger partial charge in [-0.1, -0.05) is 0 Å². The van der Waals surface area contributed by atoms with Crippen LogP contribution >= 0.6 is 0 Å². The number of carbonyl (C=O) groups is 1. The van der Waals surface area contributed by atoms with Crippen molar-refractivity contribution in [3.8, 4) is 5.75 Å². The first kappa shape index (κ1) is 22.5. The molecule has 3 aliphatic carbocycles. The van der Waals surface area contributed by atoms with Gasteiger partial charge in [-0.2, -0.15) is 0 Å². The fraction of sp³-hybridized carbons (Fsp3) is 0.750. The number of halogens is 2. The Hall–Kier alpha value is -1.73. The summed E-state index contributed by atoms with van der Waals surface area (Å²) < 4.78 is 40.1. The molecule has 7 heteroatoms. The van der Waals surface area contributed by atoms with Crippen molar-refractivity contribution in [1.82, 2.24) is 9.80 Å². The number of amides is 1. The minimum Gasteiger partial charge on any atom is -0.490 e. The standard InChI is InChI=1S/C28H36F2N2O3/c29-20-1-2-24(35-22-13-27(14-22)17-34-18-27)23(11-20)19-4-9-31(10-5-19)21-3-6-26(12-21)15-32(16-26)25(33)28(30)7-8-28/h1-2,11,19,21-22H,3-10,12-18H2/t21-/m1/s1. The molecule has 35 heavy (non-hydrogen) atoms. The van der Waals surface area contributed by atoms with Crippen LogP contribution < -0.4 is 4.74 Å². The van der Waals surface area contributed by atoms with E-state index in [9.17, 15) is 13.6 Å². The van der Waals surface area contributed by atoms with E-state index in [1.54, 1.807) is 11.0 Å². The van der Waals surface area contributed by atoms with Crippen molar-refractivity contribution in [3.05, 3.63) is 29.6 Å². The fourth-order valence-electron chi connectivity index (χ4n) is 7.61. The SMILES string of the molecule is O=C(N1CC2(CC[C@@H](N3CCC(c4cc(F)ccc4OC4CC5(COC5)C4)CC3)C2)C1)C1(F)CC1. The highest BCUT2D eigenvalue weighted by molar-refractivity contribution is 5.88. The van der Waals surface area contributed by atoms with Crippen molar-refractivity contribution < 1.29 is 23.0 Å². The number of nitrogens with zero attached hydrogens (tertiary/aromatic N) is 2. The van der Waals surface area contributed by atoms with Crippen LogP contribution in [-0.2, 0) is 9.53 Å². The molecule has 3 aliphatic heterocycles. The highest BCUT2D eigenvalue weighted by Gasteiger charge is 2.58. The Morgan fingerprint density at radius 3 is 2.40 bits per heavy atom. The molecule has 0 radical (unpaired) electrons. The molecule has 3 saturated carbocycles. The zero-order valence-corrected chi connectivity index (χ0v) is 20.4. The lowest BCUT2D eigenvalue weighted by Crippen LogP contribution is -2.60. The Morgan fingerprint density at radius 1 is 1.00 bits per heavy atom. The van der Waals surface area contributed by atoms with E-state index in [0.29, 0.717) is 30.2 Å². The zero-order valence-electron chi connectivity index (χ0n) is 20.4. The summed E-state index contributed by atoms with van der Waals surface area (Å²) in [6, 6.07) is 5.59. The maximum Gasteiger partial charge on any atom is 0.260 e. The van der Waals surface area contributed by atoms with Gasteiger partial charge >= 0.3 is 0 Å². The number of alkyl halides is 1. The van der Waals surface area contributed by atoms with E-state index in [4.69, 9.17) is 9.47 Å². The largest absolute Gasteiger partial charge is 0.490 e. The van der Waals surface area contributed by atoms with Crippen LogP contribution in [0, 0.1) is 16.6 Å². The normalized spacial score (nSPS) is 31.1. The first-order chi connectivity index (χ1) is 16.8. The van der Waals surface area contributed by atoms with Gasteiger partial charge in [0.25, 0.3) is 5.91 Å². The Kier molecular flexibility index (Phi) is 5.06. The van der Waals surface area contributed by atoms with Crippen LogP contribution in [0.25, 0.3) is 0 Å². The zero-order chi connectivity index (χ0) is 23.8. The van der Waals surface area contributed by atoms with E-state index in [2.05, 4.69) is 4.90 Å². The van der Waals surface area contributed by atoms with Gasteiger partial charge in [0.05, 0.1) is 13.2 Å². The van der Waals surface area contributed by atoms with Gasteiger partial charge in [-0.15, -0.1) is 0 Å². The van der Waals surface area contributed by atoms with E-state index in [-0.39, 0.29) is 23.2 Å². The van der Waals surface area contributed by atoms with Gasteiger partial charge in [0, 0.05) is 35.5 Å². The number of hydrogen-bond acceptors (Lipinski definition) is 4. The predicted molar refractivity (Wildman–Crippen MR) is 127 cm³/mol. The van der Waals surface area contributed by atoms with E-state index in [1.165, 1.54) is 6.07 Å². The number of rotatable bonds is 5. The van der Waals surface area contributed by atoms with Gasteiger partial charge in [0.2, 0.25) is 0 Å². The van der Waals surface area contributed by atoms with E-state index < -0.39 is 5.67 Å². The van der Waals surface area contributed by atoms with Crippen LogP contribution in [-0.4, -0.2) is 72.9 Å². The quantitative estimate of drug-likeness (QED) is 0.617. The molecule has 3 heterocycles. The van der Waals surface area contributed by atoms with Gasteiger partial charge in [0.1, 0.15) is 17.7 Å². The summed E-state index contributed by atoms with van der Waals surface area (Å²) in [6.07, 6.45) is 8.55. The second kappa shape index (κ2) is 7.88. The van der Waals surface area contributed by atoms with Gasteiger partial charge < -0.3 is 19.3 Å². The summed E-state index contributed by atoms with van der Waals surface area (Å²) in [6.45, 7) is 5.22. The van der Waals surface area contributed by atoms with Crippen molar-refractivity contribution in [2.75, 3.05) is 39.4 Å². The van der Waals surface area contributed by atoms with Crippen molar-refractivity contribution in [2.45, 2.75) is 81.5 Å². The van der Waals surface area contributed by atoms with Crippen LogP contribution in [0.1, 0.15) is 69.3 Å². The lowest BCUT2D eigenvalue weighted by Gasteiger charge is -2.52. The van der Waals surface area contributed by atoms with Crippen LogP contribution in [0.5, 0.6) is 5.75 Å². The number of likely N-dealkylation sites (tertiary alicyclic amines) is 2.